The monoisotopic (exact) mass is 255 g/mol. The molecule has 0 saturated heterocycles. The van der Waals surface area contributed by atoms with Crippen LogP contribution in [0.3, 0.4) is 0 Å². The van der Waals surface area contributed by atoms with Gasteiger partial charge in [0.15, 0.2) is 6.10 Å². The van der Waals surface area contributed by atoms with E-state index in [9.17, 15) is 9.18 Å². The minimum atomic E-state index is -1.05. The molecule has 1 rings (SSSR count). The summed E-state index contributed by atoms with van der Waals surface area (Å²) in [5, 5.41) is 8.94. The first kappa shape index (κ1) is 14.4. The minimum absolute atomic E-state index is 0.206. The summed E-state index contributed by atoms with van der Waals surface area (Å²) in [6, 6.07) is 3.81. The molecule has 100 valence electrons. The number of hydrogen-bond donors (Lipinski definition) is 2. The third-order valence-electron chi connectivity index (χ3n) is 2.57. The van der Waals surface area contributed by atoms with Crippen molar-refractivity contribution in [1.29, 1.82) is 0 Å². The number of aliphatic carboxylic acids is 1. The van der Waals surface area contributed by atoms with Crippen LogP contribution in [-0.4, -0.2) is 17.2 Å². The summed E-state index contributed by atoms with van der Waals surface area (Å²) in [6.07, 6.45) is 0.110. The van der Waals surface area contributed by atoms with Gasteiger partial charge in [0, 0.05) is 17.7 Å². The van der Waals surface area contributed by atoms with Gasteiger partial charge in [0.05, 0.1) is 0 Å². The van der Waals surface area contributed by atoms with Gasteiger partial charge in [0.25, 0.3) is 0 Å². The van der Waals surface area contributed by atoms with Crippen LogP contribution in [0.1, 0.15) is 38.3 Å². The Morgan fingerprint density at radius 1 is 1.56 bits per heavy atom. The number of hydrogen-bond acceptors (Lipinski definition) is 3. The first-order chi connectivity index (χ1) is 8.45. The van der Waals surface area contributed by atoms with Crippen LogP contribution >= 0.6 is 0 Å². The van der Waals surface area contributed by atoms with Crippen molar-refractivity contribution in [2.75, 3.05) is 0 Å². The maximum atomic E-state index is 13.6. The van der Waals surface area contributed by atoms with E-state index in [0.717, 1.165) is 0 Å². The first-order valence-electron chi connectivity index (χ1n) is 5.90. The highest BCUT2D eigenvalue weighted by Crippen LogP contribution is 2.22. The summed E-state index contributed by atoms with van der Waals surface area (Å²) in [6.45, 7) is 3.54. The minimum Gasteiger partial charge on any atom is -0.479 e. The smallest absolute Gasteiger partial charge is 0.344 e. The zero-order chi connectivity index (χ0) is 13.7. The van der Waals surface area contributed by atoms with Gasteiger partial charge in [0.1, 0.15) is 11.6 Å². The average Bonchev–Trinajstić information content (AvgIpc) is 2.27. The van der Waals surface area contributed by atoms with E-state index in [1.54, 1.807) is 6.92 Å². The van der Waals surface area contributed by atoms with Crippen molar-refractivity contribution in [1.82, 2.24) is 0 Å². The van der Waals surface area contributed by atoms with Gasteiger partial charge >= 0.3 is 5.97 Å². The molecule has 0 aromatic heterocycles. The fourth-order valence-corrected chi connectivity index (χ4v) is 1.61. The highest BCUT2D eigenvalue weighted by Gasteiger charge is 2.19. The van der Waals surface area contributed by atoms with E-state index < -0.39 is 23.9 Å². The summed E-state index contributed by atoms with van der Waals surface area (Å²) in [7, 11) is 0. The fraction of sp³-hybridized carbons (Fsp3) is 0.462. The molecule has 0 aliphatic rings. The summed E-state index contributed by atoms with van der Waals surface area (Å²) in [5.74, 6) is -1.32. The van der Waals surface area contributed by atoms with Crippen molar-refractivity contribution in [2.45, 2.75) is 38.8 Å². The second-order valence-corrected chi connectivity index (χ2v) is 4.21. The normalized spacial score (nSPS) is 14.0. The first-order valence-corrected chi connectivity index (χ1v) is 5.90. The SMILES string of the molecule is CCCC(Oc1ccc(C(C)N)c(F)c1)C(=O)O. The molecule has 0 bridgehead atoms. The molecule has 0 saturated carbocycles. The molecule has 1 aromatic rings. The van der Waals surface area contributed by atoms with Crippen molar-refractivity contribution < 1.29 is 19.0 Å². The van der Waals surface area contributed by atoms with Crippen molar-refractivity contribution in [3.8, 4) is 5.75 Å². The molecule has 2 unspecified atom stereocenters. The van der Waals surface area contributed by atoms with Gasteiger partial charge < -0.3 is 15.6 Å². The number of benzene rings is 1. The van der Waals surface area contributed by atoms with Crippen LogP contribution in [0, 0.1) is 5.82 Å². The Labute approximate surface area is 106 Å². The second kappa shape index (κ2) is 6.35. The Kier molecular flexibility index (Phi) is 5.09. The summed E-state index contributed by atoms with van der Waals surface area (Å²) >= 11 is 0. The molecule has 1 aromatic carbocycles. The molecule has 3 N–H and O–H groups in total. The number of carbonyl (C=O) groups is 1. The lowest BCUT2D eigenvalue weighted by Crippen LogP contribution is -2.26. The number of ether oxygens (including phenoxy) is 1. The summed E-state index contributed by atoms with van der Waals surface area (Å²) < 4.78 is 18.9. The molecule has 0 spiro atoms. The lowest BCUT2D eigenvalue weighted by molar-refractivity contribution is -0.145. The number of halogens is 1. The van der Waals surface area contributed by atoms with E-state index in [4.69, 9.17) is 15.6 Å². The molecule has 0 radical (unpaired) electrons. The van der Waals surface area contributed by atoms with Gasteiger partial charge in [-0.15, -0.1) is 0 Å². The largest absolute Gasteiger partial charge is 0.479 e. The molecule has 0 amide bonds. The standard InChI is InChI=1S/C13H18FNO3/c1-3-4-12(13(16)17)18-9-5-6-10(8(2)15)11(14)7-9/h5-8,12H,3-4,15H2,1-2H3,(H,16,17). The van der Waals surface area contributed by atoms with Crippen LogP contribution < -0.4 is 10.5 Å². The van der Waals surface area contributed by atoms with Gasteiger partial charge in [-0.1, -0.05) is 19.4 Å². The van der Waals surface area contributed by atoms with Crippen molar-refractivity contribution >= 4 is 5.97 Å². The van der Waals surface area contributed by atoms with E-state index in [2.05, 4.69) is 0 Å². The lowest BCUT2D eigenvalue weighted by atomic mass is 10.1. The quantitative estimate of drug-likeness (QED) is 0.819. The van der Waals surface area contributed by atoms with Gasteiger partial charge in [-0.3, -0.25) is 0 Å². The summed E-state index contributed by atoms with van der Waals surface area (Å²) in [4.78, 5) is 10.9. The number of rotatable bonds is 6. The van der Waals surface area contributed by atoms with E-state index >= 15 is 0 Å². The van der Waals surface area contributed by atoms with Crippen molar-refractivity contribution in [3.05, 3.63) is 29.6 Å². The molecule has 18 heavy (non-hydrogen) atoms. The topological polar surface area (TPSA) is 72.5 Å². The third-order valence-corrected chi connectivity index (χ3v) is 2.57. The molecule has 0 fully saturated rings. The fourth-order valence-electron chi connectivity index (χ4n) is 1.61. The Morgan fingerprint density at radius 3 is 2.67 bits per heavy atom. The molecular weight excluding hydrogens is 237 g/mol. The molecule has 5 heteroatoms. The zero-order valence-corrected chi connectivity index (χ0v) is 10.5. The number of nitrogens with two attached hydrogens (primary N) is 1. The average molecular weight is 255 g/mol. The predicted octanol–water partition coefficient (Wildman–Crippen LogP) is 2.48. The Bertz CT molecular complexity index is 421. The van der Waals surface area contributed by atoms with Crippen LogP contribution in [0.5, 0.6) is 5.75 Å². The van der Waals surface area contributed by atoms with Crippen molar-refractivity contribution in [3.63, 3.8) is 0 Å². The Hall–Kier alpha value is -1.62. The van der Waals surface area contributed by atoms with Crippen LogP contribution in [0.4, 0.5) is 4.39 Å². The molecule has 4 nitrogen and oxygen atoms in total. The molecule has 0 aliphatic heterocycles. The molecule has 0 heterocycles. The highest BCUT2D eigenvalue weighted by atomic mass is 19.1. The third kappa shape index (κ3) is 3.70. The maximum absolute atomic E-state index is 13.6. The predicted molar refractivity (Wildman–Crippen MR) is 66.0 cm³/mol. The number of carboxylic acids is 1. The van der Waals surface area contributed by atoms with E-state index in [0.29, 0.717) is 18.4 Å². The maximum Gasteiger partial charge on any atom is 0.344 e. The van der Waals surface area contributed by atoms with Crippen LogP contribution in [-0.2, 0) is 4.79 Å². The Morgan fingerprint density at radius 2 is 2.22 bits per heavy atom. The van der Waals surface area contributed by atoms with Crippen LogP contribution in [0.2, 0.25) is 0 Å². The lowest BCUT2D eigenvalue weighted by Gasteiger charge is -2.15. The molecule has 0 aliphatic carbocycles. The second-order valence-electron chi connectivity index (χ2n) is 4.21. The molecular formula is C13H18FNO3. The summed E-state index contributed by atoms with van der Waals surface area (Å²) in [5.41, 5.74) is 5.97. The molecule has 2 atom stereocenters. The van der Waals surface area contributed by atoms with E-state index in [-0.39, 0.29) is 5.75 Å². The highest BCUT2D eigenvalue weighted by molar-refractivity contribution is 5.72. The van der Waals surface area contributed by atoms with Gasteiger partial charge in [-0.25, -0.2) is 9.18 Å². The van der Waals surface area contributed by atoms with Crippen LogP contribution in [0.25, 0.3) is 0 Å². The van der Waals surface area contributed by atoms with E-state index in [1.165, 1.54) is 18.2 Å². The van der Waals surface area contributed by atoms with Gasteiger partial charge in [0.2, 0.25) is 0 Å². The van der Waals surface area contributed by atoms with E-state index in [1.807, 2.05) is 6.92 Å². The van der Waals surface area contributed by atoms with Crippen LogP contribution in [0.15, 0.2) is 18.2 Å². The Balaban J connectivity index is 2.84. The van der Waals surface area contributed by atoms with Gasteiger partial charge in [-0.2, -0.15) is 0 Å². The van der Waals surface area contributed by atoms with Crippen molar-refractivity contribution in [2.24, 2.45) is 5.73 Å². The zero-order valence-electron chi connectivity index (χ0n) is 10.5. The van der Waals surface area contributed by atoms with Gasteiger partial charge in [-0.05, 0) is 19.4 Å². The number of carboxylic acid groups (broad SMARTS) is 1.